The van der Waals surface area contributed by atoms with Gasteiger partial charge in [0, 0.05) is 53.9 Å². The molecule has 8 nitrogen and oxygen atoms in total. The van der Waals surface area contributed by atoms with Gasteiger partial charge in [0.05, 0.1) is 11.0 Å². The third-order valence-electron chi connectivity index (χ3n) is 11.1. The maximum absolute atomic E-state index is 13.7. The van der Waals surface area contributed by atoms with Crippen LogP contribution in [0.15, 0.2) is 83.7 Å². The van der Waals surface area contributed by atoms with Crippen molar-refractivity contribution < 1.29 is 4.79 Å². The molecule has 3 atom stereocenters. The van der Waals surface area contributed by atoms with Crippen LogP contribution in [-0.4, -0.2) is 66.3 Å². The molecule has 0 aliphatic carbocycles. The highest BCUT2D eigenvalue weighted by Crippen LogP contribution is 2.45. The predicted octanol–water partition coefficient (Wildman–Crippen LogP) is 6.59. The lowest BCUT2D eigenvalue weighted by molar-refractivity contribution is 0.0607. The van der Waals surface area contributed by atoms with E-state index >= 15 is 0 Å². The SMILES string of the molecule is Cc1nc2ccccc2n1[C@H]1C[C@H]2CC[C@@H](C1)N2CCC1(c2ccccc2)CCN(C(=O)c2cccc(-c3nsc(=O)[nH]3)c2)CC1. The number of nitrogens with one attached hydrogen (secondary N) is 1. The van der Waals surface area contributed by atoms with Crippen molar-refractivity contribution >= 4 is 28.5 Å². The van der Waals surface area contributed by atoms with Gasteiger partial charge in [-0.3, -0.25) is 19.5 Å². The molecule has 236 valence electrons. The number of likely N-dealkylation sites (tertiary alicyclic amines) is 1. The maximum atomic E-state index is 13.7. The molecular formula is C37H40N6O2S. The average Bonchev–Trinajstić information content (AvgIpc) is 3.75. The fourth-order valence-electron chi connectivity index (χ4n) is 8.74. The van der Waals surface area contributed by atoms with Crippen LogP contribution in [0.2, 0.25) is 0 Å². The number of aromatic amines is 1. The van der Waals surface area contributed by atoms with Crippen molar-refractivity contribution in [3.63, 3.8) is 0 Å². The Labute approximate surface area is 273 Å². The van der Waals surface area contributed by atoms with Crippen LogP contribution in [0.25, 0.3) is 22.4 Å². The lowest BCUT2D eigenvalue weighted by atomic mass is 9.70. The number of nitrogens with zero attached hydrogens (tertiary/aromatic N) is 5. The molecule has 5 heterocycles. The highest BCUT2D eigenvalue weighted by atomic mass is 32.1. The molecule has 46 heavy (non-hydrogen) atoms. The van der Waals surface area contributed by atoms with Crippen molar-refractivity contribution in [2.75, 3.05) is 19.6 Å². The number of H-pyrrole nitrogens is 1. The zero-order chi connectivity index (χ0) is 31.3. The molecule has 0 unspecified atom stereocenters. The Morgan fingerprint density at radius 1 is 0.935 bits per heavy atom. The zero-order valence-corrected chi connectivity index (χ0v) is 27.1. The van der Waals surface area contributed by atoms with Gasteiger partial charge in [0.1, 0.15) is 5.82 Å². The second kappa shape index (κ2) is 11.9. The molecule has 1 amide bonds. The minimum atomic E-state index is -0.195. The number of carbonyl (C=O) groups excluding carboxylic acids is 1. The van der Waals surface area contributed by atoms with Gasteiger partial charge in [-0.15, -0.1) is 0 Å². The van der Waals surface area contributed by atoms with Crippen molar-refractivity contribution in [3.8, 4) is 11.4 Å². The quantitative estimate of drug-likeness (QED) is 0.219. The summed E-state index contributed by atoms with van der Waals surface area (Å²) in [5, 5.41) is 0. The summed E-state index contributed by atoms with van der Waals surface area (Å²) in [4.78, 5) is 37.6. The molecule has 3 aliphatic rings. The standard InChI is InChI=1S/C37H40N6O2S/c1-25-38-32-12-5-6-13-33(32)43(25)31-23-29-14-15-30(24-31)42(29)21-18-37(28-10-3-2-4-11-28)16-19-41(20-17-37)35(44)27-9-7-8-26(22-27)34-39-36(45)46-40-34/h2-13,22,29-31H,14-21,23-24H2,1H3,(H,39,40,45)/t29-,30+,31+. The van der Waals surface area contributed by atoms with E-state index in [4.69, 9.17) is 4.98 Å². The van der Waals surface area contributed by atoms with E-state index in [9.17, 15) is 9.59 Å². The largest absolute Gasteiger partial charge is 0.339 e. The molecule has 3 saturated heterocycles. The van der Waals surface area contributed by atoms with Crippen LogP contribution < -0.4 is 4.87 Å². The number of aryl methyl sites for hydroxylation is 1. The van der Waals surface area contributed by atoms with E-state index in [-0.39, 0.29) is 16.2 Å². The Morgan fingerprint density at radius 3 is 2.41 bits per heavy atom. The van der Waals surface area contributed by atoms with Crippen molar-refractivity contribution in [2.24, 2.45) is 0 Å². The van der Waals surface area contributed by atoms with Gasteiger partial charge >= 0.3 is 4.87 Å². The van der Waals surface area contributed by atoms with Gasteiger partial charge in [0.2, 0.25) is 0 Å². The van der Waals surface area contributed by atoms with E-state index in [2.05, 4.69) is 80.3 Å². The summed E-state index contributed by atoms with van der Waals surface area (Å²) in [5.41, 5.74) is 5.22. The number of piperidine rings is 2. The number of fused-ring (bicyclic) bond motifs is 3. The molecule has 1 N–H and O–H groups in total. The topological polar surface area (TPSA) is 87.1 Å². The fraction of sp³-hybridized carbons (Fsp3) is 0.405. The van der Waals surface area contributed by atoms with Gasteiger partial charge in [0.25, 0.3) is 5.91 Å². The van der Waals surface area contributed by atoms with Gasteiger partial charge in [0.15, 0.2) is 5.82 Å². The molecule has 3 aliphatic heterocycles. The van der Waals surface area contributed by atoms with Gasteiger partial charge < -0.3 is 9.47 Å². The highest BCUT2D eigenvalue weighted by Gasteiger charge is 2.44. The third-order valence-corrected chi connectivity index (χ3v) is 11.6. The summed E-state index contributed by atoms with van der Waals surface area (Å²) >= 11 is 0.895. The van der Waals surface area contributed by atoms with Crippen LogP contribution in [0.4, 0.5) is 0 Å². The number of imidazole rings is 1. The molecule has 0 radical (unpaired) electrons. The van der Waals surface area contributed by atoms with Crippen LogP contribution in [-0.2, 0) is 5.41 Å². The number of hydrogen-bond donors (Lipinski definition) is 1. The van der Waals surface area contributed by atoms with E-state index in [1.807, 2.05) is 29.2 Å². The van der Waals surface area contributed by atoms with E-state index in [0.29, 0.717) is 29.5 Å². The molecule has 3 aromatic carbocycles. The molecule has 9 heteroatoms. The molecule has 0 saturated carbocycles. The van der Waals surface area contributed by atoms with Gasteiger partial charge in [-0.05, 0) is 93.7 Å². The minimum Gasteiger partial charge on any atom is -0.339 e. The number of rotatable bonds is 7. The number of carbonyl (C=O) groups is 1. The molecular weight excluding hydrogens is 593 g/mol. The lowest BCUT2D eigenvalue weighted by Crippen LogP contribution is -2.49. The summed E-state index contributed by atoms with van der Waals surface area (Å²) in [5.74, 6) is 1.69. The van der Waals surface area contributed by atoms with Gasteiger partial charge in [-0.1, -0.05) is 54.6 Å². The molecule has 5 aromatic rings. The zero-order valence-electron chi connectivity index (χ0n) is 26.3. The molecule has 3 fully saturated rings. The molecule has 2 bridgehead atoms. The summed E-state index contributed by atoms with van der Waals surface area (Å²) in [6, 6.07) is 28.8. The van der Waals surface area contributed by atoms with Crippen LogP contribution in [0, 0.1) is 6.92 Å². The van der Waals surface area contributed by atoms with Crippen LogP contribution in [0.3, 0.4) is 0 Å². The molecule has 2 aromatic heterocycles. The number of benzene rings is 3. The first kappa shape index (κ1) is 29.3. The average molecular weight is 633 g/mol. The molecule has 0 spiro atoms. The summed E-state index contributed by atoms with van der Waals surface area (Å²) < 4.78 is 6.72. The highest BCUT2D eigenvalue weighted by molar-refractivity contribution is 7.03. The summed E-state index contributed by atoms with van der Waals surface area (Å²) in [6.45, 7) is 4.72. The van der Waals surface area contributed by atoms with E-state index in [0.717, 1.165) is 67.3 Å². The number of aromatic nitrogens is 4. The Balaban J connectivity index is 0.970. The van der Waals surface area contributed by atoms with Crippen molar-refractivity contribution in [1.82, 2.24) is 28.7 Å². The van der Waals surface area contributed by atoms with Gasteiger partial charge in [-0.2, -0.15) is 4.37 Å². The Bertz CT molecular complexity index is 1910. The van der Waals surface area contributed by atoms with Crippen LogP contribution in [0.5, 0.6) is 0 Å². The first-order chi connectivity index (χ1) is 22.5. The smallest absolute Gasteiger partial charge is 0.323 e. The van der Waals surface area contributed by atoms with Crippen LogP contribution >= 0.6 is 11.5 Å². The third kappa shape index (κ3) is 5.29. The Morgan fingerprint density at radius 2 is 1.67 bits per heavy atom. The number of para-hydroxylation sites is 2. The first-order valence-electron chi connectivity index (χ1n) is 16.7. The van der Waals surface area contributed by atoms with Crippen molar-refractivity contribution in [2.45, 2.75) is 75.4 Å². The van der Waals surface area contributed by atoms with Crippen molar-refractivity contribution in [1.29, 1.82) is 0 Å². The number of hydrogen-bond acceptors (Lipinski definition) is 6. The summed E-state index contributed by atoms with van der Waals surface area (Å²) in [6.07, 6.45) is 7.94. The van der Waals surface area contributed by atoms with Crippen molar-refractivity contribution in [3.05, 3.63) is 105 Å². The summed E-state index contributed by atoms with van der Waals surface area (Å²) in [7, 11) is 0. The van der Waals surface area contributed by atoms with E-state index < -0.39 is 0 Å². The van der Waals surface area contributed by atoms with E-state index in [1.54, 1.807) is 0 Å². The normalized spacial score (nSPS) is 22.8. The molecule has 8 rings (SSSR count). The Hall–Kier alpha value is -4.08. The second-order valence-electron chi connectivity index (χ2n) is 13.5. The van der Waals surface area contributed by atoms with Crippen LogP contribution in [0.1, 0.15) is 72.7 Å². The Kier molecular flexibility index (Phi) is 7.61. The predicted molar refractivity (Wildman–Crippen MR) is 182 cm³/mol. The lowest BCUT2D eigenvalue weighted by Gasteiger charge is -2.45. The monoisotopic (exact) mass is 632 g/mol. The van der Waals surface area contributed by atoms with E-state index in [1.165, 1.54) is 36.8 Å². The fourth-order valence-corrected chi connectivity index (χ4v) is 9.21. The first-order valence-corrected chi connectivity index (χ1v) is 17.5. The second-order valence-corrected chi connectivity index (χ2v) is 14.2. The maximum Gasteiger partial charge on any atom is 0.323 e. The van der Waals surface area contributed by atoms with Gasteiger partial charge in [-0.25, -0.2) is 4.98 Å². The number of amides is 1. The minimum absolute atomic E-state index is 0.0449.